The number of carbonyl (C=O) groups is 3. The highest BCUT2D eigenvalue weighted by molar-refractivity contribution is 8.04. The maximum atomic E-state index is 13.8. The number of amides is 3. The van der Waals surface area contributed by atoms with E-state index in [-0.39, 0.29) is 16.5 Å². The average molecular weight is 584 g/mol. The van der Waals surface area contributed by atoms with Crippen LogP contribution in [0, 0.1) is 12.7 Å². The number of nitrogens with zero attached hydrogens (tertiary/aromatic N) is 1. The second-order valence-corrected chi connectivity index (χ2v) is 10.3. The highest BCUT2D eigenvalue weighted by Crippen LogP contribution is 2.41. The van der Waals surface area contributed by atoms with E-state index in [0.29, 0.717) is 39.0 Å². The molecule has 0 radical (unpaired) electrons. The van der Waals surface area contributed by atoms with Gasteiger partial charge in [0.15, 0.2) is 0 Å². The van der Waals surface area contributed by atoms with Crippen molar-refractivity contribution in [2.75, 3.05) is 29.8 Å². The number of carbonyl (C=O) groups excluding carboxylic acids is 3. The second-order valence-electron chi connectivity index (χ2n) is 9.27. The summed E-state index contributed by atoms with van der Waals surface area (Å²) in [5, 5.41) is 5.88. The number of imide groups is 1. The summed E-state index contributed by atoms with van der Waals surface area (Å²) in [4.78, 5) is 42.1. The van der Waals surface area contributed by atoms with Gasteiger partial charge in [0, 0.05) is 21.8 Å². The minimum absolute atomic E-state index is 0.118. The molecule has 8 nitrogen and oxygen atoms in total. The summed E-state index contributed by atoms with van der Waals surface area (Å²) < 4.78 is 23.9. The monoisotopic (exact) mass is 583 g/mol. The second kappa shape index (κ2) is 12.2. The molecule has 1 aliphatic heterocycles. The molecule has 10 heteroatoms. The maximum Gasteiger partial charge on any atom is 0.283 e. The molecule has 0 unspecified atom stereocenters. The molecule has 0 spiro atoms. The van der Waals surface area contributed by atoms with Crippen LogP contribution in [0.15, 0.2) is 106 Å². The van der Waals surface area contributed by atoms with Gasteiger partial charge < -0.3 is 20.1 Å². The Morgan fingerprint density at radius 2 is 1.48 bits per heavy atom. The predicted octanol–water partition coefficient (Wildman–Crippen LogP) is 6.39. The van der Waals surface area contributed by atoms with Crippen molar-refractivity contribution in [3.05, 3.63) is 119 Å². The number of nitrogens with one attached hydrogen (secondary N) is 2. The third-order valence-electron chi connectivity index (χ3n) is 6.41. The number of ether oxygens (including phenoxy) is 2. The number of benzene rings is 4. The molecule has 4 aromatic rings. The van der Waals surface area contributed by atoms with E-state index in [1.165, 1.54) is 31.4 Å². The zero-order valence-corrected chi connectivity index (χ0v) is 23.8. The molecule has 5 rings (SSSR count). The summed E-state index contributed by atoms with van der Waals surface area (Å²) in [6, 6.07) is 24.3. The normalized spacial score (nSPS) is 12.9. The standard InChI is InChI=1S/C32H26FN3O5S/c1-19-4-17-27(41-3)26(18-19)36-31(38)28(34-22-9-13-24(40-2)14-10-22)29(32(36)39)42-25-15-11-23(12-16-25)35-30(37)20-5-7-21(33)8-6-20/h4-18,34H,1-3H3,(H,35,37). The Kier molecular flexibility index (Phi) is 8.26. The Hall–Kier alpha value is -5.09. The molecule has 2 N–H and O–H groups in total. The molecule has 0 fully saturated rings. The zero-order valence-electron chi connectivity index (χ0n) is 22.9. The van der Waals surface area contributed by atoms with Gasteiger partial charge in [-0.25, -0.2) is 9.29 Å². The molecule has 42 heavy (non-hydrogen) atoms. The van der Waals surface area contributed by atoms with E-state index in [0.717, 1.165) is 22.2 Å². The topological polar surface area (TPSA) is 97.0 Å². The summed E-state index contributed by atoms with van der Waals surface area (Å²) >= 11 is 1.12. The van der Waals surface area contributed by atoms with E-state index in [1.807, 2.05) is 13.0 Å². The molecule has 1 aliphatic rings. The van der Waals surface area contributed by atoms with E-state index >= 15 is 0 Å². The lowest BCUT2D eigenvalue weighted by atomic mass is 10.2. The van der Waals surface area contributed by atoms with Crippen molar-refractivity contribution in [1.29, 1.82) is 0 Å². The molecule has 0 aliphatic carbocycles. The number of rotatable bonds is 9. The fourth-order valence-electron chi connectivity index (χ4n) is 4.26. The fourth-order valence-corrected chi connectivity index (χ4v) is 5.18. The minimum atomic E-state index is -0.523. The lowest BCUT2D eigenvalue weighted by molar-refractivity contribution is -0.120. The third-order valence-corrected chi connectivity index (χ3v) is 7.51. The van der Waals surface area contributed by atoms with E-state index in [1.54, 1.807) is 67.8 Å². The first kappa shape index (κ1) is 28.4. The number of anilines is 3. The molecule has 212 valence electrons. The van der Waals surface area contributed by atoms with Gasteiger partial charge in [0.05, 0.1) is 19.9 Å². The summed E-state index contributed by atoms with van der Waals surface area (Å²) in [6.07, 6.45) is 0. The molecular weight excluding hydrogens is 557 g/mol. The van der Waals surface area contributed by atoms with Crippen molar-refractivity contribution in [1.82, 2.24) is 0 Å². The van der Waals surface area contributed by atoms with Gasteiger partial charge in [0.25, 0.3) is 17.7 Å². The van der Waals surface area contributed by atoms with Crippen LogP contribution in [0.3, 0.4) is 0 Å². The lowest BCUT2D eigenvalue weighted by Crippen LogP contribution is -2.32. The molecule has 1 heterocycles. The number of halogens is 1. The van der Waals surface area contributed by atoms with Crippen molar-refractivity contribution >= 4 is 46.5 Å². The van der Waals surface area contributed by atoms with Crippen LogP contribution in [0.1, 0.15) is 15.9 Å². The highest BCUT2D eigenvalue weighted by atomic mass is 32.2. The van der Waals surface area contributed by atoms with Gasteiger partial charge in [-0.05, 0) is 97.4 Å². The summed E-state index contributed by atoms with van der Waals surface area (Å²) in [5.74, 6) is -0.802. The highest BCUT2D eigenvalue weighted by Gasteiger charge is 2.41. The fraction of sp³-hybridized carbons (Fsp3) is 0.0938. The average Bonchev–Trinajstić information content (AvgIpc) is 3.22. The van der Waals surface area contributed by atoms with Gasteiger partial charge >= 0.3 is 0 Å². The van der Waals surface area contributed by atoms with Crippen molar-refractivity contribution in [3.63, 3.8) is 0 Å². The van der Waals surface area contributed by atoms with Crippen LogP contribution in [-0.4, -0.2) is 31.9 Å². The van der Waals surface area contributed by atoms with Crippen LogP contribution in [0.25, 0.3) is 0 Å². The number of hydrogen-bond acceptors (Lipinski definition) is 7. The van der Waals surface area contributed by atoms with E-state index in [9.17, 15) is 18.8 Å². The van der Waals surface area contributed by atoms with Gasteiger partial charge in [-0.2, -0.15) is 0 Å². The molecule has 4 aromatic carbocycles. The van der Waals surface area contributed by atoms with Gasteiger partial charge in [-0.15, -0.1) is 0 Å². The summed E-state index contributed by atoms with van der Waals surface area (Å²) in [6.45, 7) is 1.87. The number of thioether (sulfide) groups is 1. The van der Waals surface area contributed by atoms with Crippen molar-refractivity contribution in [2.24, 2.45) is 0 Å². The Morgan fingerprint density at radius 1 is 0.810 bits per heavy atom. The maximum absolute atomic E-state index is 13.8. The minimum Gasteiger partial charge on any atom is -0.497 e. The zero-order chi connectivity index (χ0) is 29.8. The van der Waals surface area contributed by atoms with Crippen LogP contribution in [0.2, 0.25) is 0 Å². The van der Waals surface area contributed by atoms with Crippen LogP contribution in [0.5, 0.6) is 11.5 Å². The van der Waals surface area contributed by atoms with Crippen molar-refractivity contribution in [3.8, 4) is 11.5 Å². The molecule has 0 aromatic heterocycles. The molecule has 0 atom stereocenters. The molecule has 0 saturated heterocycles. The van der Waals surface area contributed by atoms with Crippen molar-refractivity contribution < 1.29 is 28.2 Å². The van der Waals surface area contributed by atoms with Crippen LogP contribution in [-0.2, 0) is 9.59 Å². The SMILES string of the molecule is COc1ccc(NC2=C(Sc3ccc(NC(=O)c4ccc(F)cc4)cc3)C(=O)N(c3cc(C)ccc3OC)C2=O)cc1. The van der Waals surface area contributed by atoms with Gasteiger partial charge in [-0.1, -0.05) is 17.8 Å². The van der Waals surface area contributed by atoms with E-state index in [2.05, 4.69) is 10.6 Å². The molecule has 0 saturated carbocycles. The number of aryl methyl sites for hydroxylation is 1. The first-order valence-corrected chi connectivity index (χ1v) is 13.6. The molecule has 0 bridgehead atoms. The summed E-state index contributed by atoms with van der Waals surface area (Å²) in [7, 11) is 3.04. The quantitative estimate of drug-likeness (QED) is 0.220. The Bertz CT molecular complexity index is 1690. The Balaban J connectivity index is 1.43. The van der Waals surface area contributed by atoms with Crippen LogP contribution < -0.4 is 25.0 Å². The largest absolute Gasteiger partial charge is 0.497 e. The Morgan fingerprint density at radius 3 is 2.12 bits per heavy atom. The van der Waals surface area contributed by atoms with E-state index < -0.39 is 17.6 Å². The van der Waals surface area contributed by atoms with E-state index in [4.69, 9.17) is 9.47 Å². The van der Waals surface area contributed by atoms with Gasteiger partial charge in [0.1, 0.15) is 27.9 Å². The van der Waals surface area contributed by atoms with Crippen LogP contribution in [0.4, 0.5) is 21.5 Å². The third kappa shape index (κ3) is 5.98. The first-order chi connectivity index (χ1) is 20.3. The Labute approximate surface area is 246 Å². The first-order valence-electron chi connectivity index (χ1n) is 12.8. The molecular formula is C32H26FN3O5S. The lowest BCUT2D eigenvalue weighted by Gasteiger charge is -2.19. The number of methoxy groups -OCH3 is 2. The number of hydrogen-bond donors (Lipinski definition) is 2. The van der Waals surface area contributed by atoms with Crippen molar-refractivity contribution in [2.45, 2.75) is 11.8 Å². The van der Waals surface area contributed by atoms with Gasteiger partial charge in [0.2, 0.25) is 0 Å². The summed E-state index contributed by atoms with van der Waals surface area (Å²) in [5.41, 5.74) is 2.75. The van der Waals surface area contributed by atoms with Gasteiger partial charge in [-0.3, -0.25) is 14.4 Å². The molecule has 3 amide bonds. The smallest absolute Gasteiger partial charge is 0.283 e. The predicted molar refractivity (Wildman–Crippen MR) is 161 cm³/mol. The van der Waals surface area contributed by atoms with Crippen LogP contribution >= 0.6 is 11.8 Å².